The molecule has 1 saturated carbocycles. The Kier molecular flexibility index (Phi) is 16.4. The molecule has 0 unspecified atom stereocenters. The van der Waals surface area contributed by atoms with Gasteiger partial charge in [0.25, 0.3) is 0 Å². The molecule has 0 spiro atoms. The topological polar surface area (TPSA) is 160 Å². The van der Waals surface area contributed by atoms with Crippen molar-refractivity contribution in [2.75, 3.05) is 26.2 Å². The molecule has 0 heterocycles. The number of aryl methyl sites for hydroxylation is 1. The fraction of sp³-hybridized carbons (Fsp3) is 0.700. The number of carbonyl (C=O) groups excluding carboxylic acids is 3. The summed E-state index contributed by atoms with van der Waals surface area (Å²) in [6, 6.07) is 5.97. The van der Waals surface area contributed by atoms with Gasteiger partial charge in [0, 0.05) is 6.54 Å². The van der Waals surface area contributed by atoms with Crippen LogP contribution in [0.15, 0.2) is 24.3 Å². The maximum atomic E-state index is 13.0. The lowest BCUT2D eigenvalue weighted by molar-refractivity contribution is -0.133. The van der Waals surface area contributed by atoms with Gasteiger partial charge >= 0.3 is 0 Å². The minimum Gasteiger partial charge on any atom is -0.394 e. The Morgan fingerprint density at radius 1 is 0.872 bits per heavy atom. The van der Waals surface area contributed by atoms with Crippen LogP contribution in [0.25, 0.3) is 0 Å². The van der Waals surface area contributed by atoms with Gasteiger partial charge < -0.3 is 32.5 Å². The third-order valence-corrected chi connectivity index (χ3v) is 7.52. The van der Waals surface area contributed by atoms with Crippen LogP contribution in [-0.2, 0) is 27.2 Å². The Hall–Kier alpha value is -2.49. The van der Waals surface area contributed by atoms with E-state index in [0.29, 0.717) is 38.4 Å². The number of unbranched alkanes of at least 4 members (excludes halogenated alkanes) is 3. The summed E-state index contributed by atoms with van der Waals surface area (Å²) in [5, 5.41) is 18.2. The smallest absolute Gasteiger partial charge is 0.245 e. The van der Waals surface area contributed by atoms with Crippen molar-refractivity contribution in [2.45, 2.75) is 102 Å². The van der Waals surface area contributed by atoms with Gasteiger partial charge in [-0.05, 0) is 75.1 Å². The largest absolute Gasteiger partial charge is 0.394 e. The number of aliphatic hydroxyl groups excluding tert-OH is 1. The quantitative estimate of drug-likeness (QED) is 0.146. The molecule has 0 saturated heterocycles. The number of aliphatic hydroxyl groups is 1. The lowest BCUT2D eigenvalue weighted by Gasteiger charge is -2.24. The van der Waals surface area contributed by atoms with E-state index < -0.39 is 24.6 Å². The minimum atomic E-state index is -1.14. The molecule has 1 aromatic carbocycles. The molecule has 39 heavy (non-hydrogen) atoms. The summed E-state index contributed by atoms with van der Waals surface area (Å²) >= 11 is 0. The van der Waals surface area contributed by atoms with E-state index in [-0.39, 0.29) is 18.2 Å². The highest BCUT2D eigenvalue weighted by atomic mass is 16.3. The summed E-state index contributed by atoms with van der Waals surface area (Å²) < 4.78 is 0. The normalized spacial score (nSPS) is 15.4. The number of benzene rings is 1. The third kappa shape index (κ3) is 13.4. The van der Waals surface area contributed by atoms with E-state index in [9.17, 15) is 19.5 Å². The van der Waals surface area contributed by atoms with Crippen molar-refractivity contribution in [3.63, 3.8) is 0 Å². The van der Waals surface area contributed by atoms with Gasteiger partial charge in [-0.3, -0.25) is 14.4 Å². The molecule has 0 radical (unpaired) electrons. The van der Waals surface area contributed by atoms with Crippen molar-refractivity contribution in [1.82, 2.24) is 16.0 Å². The number of rotatable bonds is 19. The molecular formula is C30H51N5O4. The molecule has 3 amide bonds. The summed E-state index contributed by atoms with van der Waals surface area (Å²) in [5.41, 5.74) is 13.2. The van der Waals surface area contributed by atoms with E-state index in [0.717, 1.165) is 49.7 Å². The van der Waals surface area contributed by atoms with Gasteiger partial charge in [-0.1, -0.05) is 62.8 Å². The summed E-state index contributed by atoms with van der Waals surface area (Å²) in [6.07, 6.45) is 13.2. The van der Waals surface area contributed by atoms with Gasteiger partial charge in [-0.15, -0.1) is 0 Å². The zero-order valence-electron chi connectivity index (χ0n) is 23.6. The summed E-state index contributed by atoms with van der Waals surface area (Å²) in [4.78, 5) is 38.6. The van der Waals surface area contributed by atoms with Crippen LogP contribution in [0.3, 0.4) is 0 Å². The van der Waals surface area contributed by atoms with Gasteiger partial charge in [0.1, 0.15) is 12.1 Å². The average molecular weight is 546 g/mol. The molecule has 0 aromatic heterocycles. The number of hydrogen-bond donors (Lipinski definition) is 6. The highest BCUT2D eigenvalue weighted by molar-refractivity contribution is 5.92. The van der Waals surface area contributed by atoms with Crippen LogP contribution >= 0.6 is 0 Å². The second kappa shape index (κ2) is 19.6. The molecule has 1 aliphatic rings. The fourth-order valence-corrected chi connectivity index (χ4v) is 5.20. The highest BCUT2D eigenvalue weighted by Crippen LogP contribution is 2.25. The monoisotopic (exact) mass is 545 g/mol. The van der Waals surface area contributed by atoms with Crippen LogP contribution in [0.4, 0.5) is 0 Å². The first kappa shape index (κ1) is 32.7. The van der Waals surface area contributed by atoms with E-state index in [1.54, 1.807) is 0 Å². The Labute approximate surface area is 234 Å². The Morgan fingerprint density at radius 3 is 2.31 bits per heavy atom. The molecule has 1 fully saturated rings. The Bertz CT molecular complexity index is 860. The third-order valence-electron chi connectivity index (χ3n) is 7.52. The number of nitrogens with one attached hydrogen (secondary N) is 3. The molecule has 0 bridgehead atoms. The standard InChI is InChI=1S/C30H51N5O4/c31-17-7-2-5-12-24-13-9-14-25(20-24)21-28(37)34-27(22-36)30(39)35-26(15-6-8-18-32)29(38)33-19-16-23-10-3-1-4-11-23/h9,13-14,20,23,26-27,36H,1-8,10-12,15-19,21-22,31-32H2,(H,33,38)(H,34,37)(H,35,39)/t26-,27-/m0/s1. The highest BCUT2D eigenvalue weighted by Gasteiger charge is 2.26. The second-order valence-electron chi connectivity index (χ2n) is 10.8. The van der Waals surface area contributed by atoms with E-state index in [1.165, 1.54) is 32.1 Å². The predicted octanol–water partition coefficient (Wildman–Crippen LogP) is 2.08. The van der Waals surface area contributed by atoms with E-state index in [2.05, 4.69) is 16.0 Å². The fourth-order valence-electron chi connectivity index (χ4n) is 5.20. The van der Waals surface area contributed by atoms with Gasteiger partial charge in [0.05, 0.1) is 13.0 Å². The Balaban J connectivity index is 1.87. The maximum absolute atomic E-state index is 13.0. The molecule has 1 aliphatic carbocycles. The van der Waals surface area contributed by atoms with Crippen LogP contribution in [0.2, 0.25) is 0 Å². The number of hydrogen-bond acceptors (Lipinski definition) is 6. The first-order valence-electron chi connectivity index (χ1n) is 14.9. The van der Waals surface area contributed by atoms with E-state index in [1.807, 2.05) is 24.3 Å². The first-order chi connectivity index (χ1) is 19.0. The number of amides is 3. The van der Waals surface area contributed by atoms with Crippen LogP contribution in [0, 0.1) is 5.92 Å². The van der Waals surface area contributed by atoms with E-state index >= 15 is 0 Å². The molecule has 0 aliphatic heterocycles. The lowest BCUT2D eigenvalue weighted by Crippen LogP contribution is -2.55. The van der Waals surface area contributed by atoms with Crippen LogP contribution in [0.1, 0.15) is 88.2 Å². The molecular weight excluding hydrogens is 494 g/mol. The summed E-state index contributed by atoms with van der Waals surface area (Å²) in [7, 11) is 0. The van der Waals surface area contributed by atoms with E-state index in [4.69, 9.17) is 11.5 Å². The Morgan fingerprint density at radius 2 is 1.59 bits per heavy atom. The molecule has 9 nitrogen and oxygen atoms in total. The number of nitrogens with two attached hydrogens (primary N) is 2. The van der Waals surface area contributed by atoms with Crippen molar-refractivity contribution in [3.05, 3.63) is 35.4 Å². The predicted molar refractivity (Wildman–Crippen MR) is 155 cm³/mol. The first-order valence-corrected chi connectivity index (χ1v) is 14.9. The molecule has 9 heteroatoms. The summed E-state index contributed by atoms with van der Waals surface area (Å²) in [6.45, 7) is 1.23. The zero-order valence-corrected chi connectivity index (χ0v) is 23.6. The molecule has 220 valence electrons. The zero-order chi connectivity index (χ0) is 28.3. The minimum absolute atomic E-state index is 0.0992. The molecule has 1 aromatic rings. The van der Waals surface area contributed by atoms with Gasteiger partial charge in [0.15, 0.2) is 0 Å². The lowest BCUT2D eigenvalue weighted by atomic mass is 9.87. The van der Waals surface area contributed by atoms with Crippen molar-refractivity contribution in [2.24, 2.45) is 17.4 Å². The van der Waals surface area contributed by atoms with Gasteiger partial charge in [0.2, 0.25) is 17.7 Å². The van der Waals surface area contributed by atoms with Crippen LogP contribution < -0.4 is 27.4 Å². The molecule has 2 rings (SSSR count). The second-order valence-corrected chi connectivity index (χ2v) is 10.8. The summed E-state index contributed by atoms with van der Waals surface area (Å²) in [5.74, 6) is -0.515. The van der Waals surface area contributed by atoms with Gasteiger partial charge in [-0.25, -0.2) is 0 Å². The average Bonchev–Trinajstić information content (AvgIpc) is 2.94. The van der Waals surface area contributed by atoms with Crippen molar-refractivity contribution >= 4 is 17.7 Å². The van der Waals surface area contributed by atoms with Crippen LogP contribution in [0.5, 0.6) is 0 Å². The molecule has 8 N–H and O–H groups in total. The van der Waals surface area contributed by atoms with Crippen molar-refractivity contribution in [1.29, 1.82) is 0 Å². The van der Waals surface area contributed by atoms with Crippen LogP contribution in [-0.4, -0.2) is 61.2 Å². The maximum Gasteiger partial charge on any atom is 0.245 e. The van der Waals surface area contributed by atoms with Gasteiger partial charge in [-0.2, -0.15) is 0 Å². The SMILES string of the molecule is NCCCCCc1cccc(CC(=O)N[C@@H](CO)C(=O)N[C@@H](CCCCN)C(=O)NCCC2CCCCC2)c1. The number of carbonyl (C=O) groups is 3. The molecule has 2 atom stereocenters. The van der Waals surface area contributed by atoms with Crippen molar-refractivity contribution < 1.29 is 19.5 Å². The van der Waals surface area contributed by atoms with Crippen molar-refractivity contribution in [3.8, 4) is 0 Å².